The molecule has 1 aliphatic rings. The quantitative estimate of drug-likeness (QED) is 0.905. The van der Waals surface area contributed by atoms with Gasteiger partial charge in [0, 0.05) is 24.7 Å². The lowest BCUT2D eigenvalue weighted by Gasteiger charge is -2.37. The number of piperidine rings is 1. The summed E-state index contributed by atoms with van der Waals surface area (Å²) in [5, 5.41) is 0.924. The van der Waals surface area contributed by atoms with Crippen molar-refractivity contribution in [3.8, 4) is 10.6 Å². The van der Waals surface area contributed by atoms with E-state index in [9.17, 15) is 4.79 Å². The molecule has 1 fully saturated rings. The van der Waals surface area contributed by atoms with E-state index in [0.29, 0.717) is 12.5 Å². The molecule has 5 heteroatoms. The second kappa shape index (κ2) is 7.26. The summed E-state index contributed by atoms with van der Waals surface area (Å²) >= 11 is 1.50. The first-order chi connectivity index (χ1) is 11.9. The molecule has 1 amide bonds. The third-order valence-corrected chi connectivity index (χ3v) is 6.29. The van der Waals surface area contributed by atoms with Gasteiger partial charge in [-0.1, -0.05) is 30.7 Å². The van der Waals surface area contributed by atoms with Gasteiger partial charge in [0.25, 0.3) is 5.91 Å². The maximum Gasteiger partial charge on any atom is 0.266 e. The third-order valence-electron chi connectivity index (χ3n) is 5.11. The average molecular weight is 358 g/mol. The number of amides is 1. The summed E-state index contributed by atoms with van der Waals surface area (Å²) in [5.74, 6) is 0.722. The Morgan fingerprint density at radius 1 is 1.36 bits per heavy atom. The Kier molecular flexibility index (Phi) is 5.25. The van der Waals surface area contributed by atoms with Crippen molar-refractivity contribution >= 4 is 17.2 Å². The summed E-state index contributed by atoms with van der Waals surface area (Å²) in [5.41, 5.74) is 10.3. The monoisotopic (exact) mass is 357 g/mol. The minimum absolute atomic E-state index is 0.0911. The van der Waals surface area contributed by atoms with Gasteiger partial charge in [-0.05, 0) is 45.1 Å². The maximum atomic E-state index is 13.1. The molecule has 2 heterocycles. The van der Waals surface area contributed by atoms with Gasteiger partial charge in [-0.15, -0.1) is 11.3 Å². The SMILES string of the molecule is Cc1ccc(-c2nc(C)c(C(=O)N3CCC(C)CC3CN)s2)c(C)c1. The van der Waals surface area contributed by atoms with Crippen LogP contribution in [0.25, 0.3) is 10.6 Å². The summed E-state index contributed by atoms with van der Waals surface area (Å²) in [4.78, 5) is 20.5. The Balaban J connectivity index is 1.90. The first kappa shape index (κ1) is 18.1. The molecule has 1 aliphatic heterocycles. The molecule has 4 nitrogen and oxygen atoms in total. The fourth-order valence-corrected chi connectivity index (χ4v) is 4.75. The second-order valence-corrected chi connectivity index (χ2v) is 8.27. The van der Waals surface area contributed by atoms with Gasteiger partial charge in [0.15, 0.2) is 0 Å². The van der Waals surface area contributed by atoms with Crippen LogP contribution in [0.1, 0.15) is 46.3 Å². The lowest BCUT2D eigenvalue weighted by Crippen LogP contribution is -2.49. The van der Waals surface area contributed by atoms with E-state index in [4.69, 9.17) is 10.7 Å². The Bertz CT molecular complexity index is 783. The van der Waals surface area contributed by atoms with E-state index >= 15 is 0 Å². The Hall–Kier alpha value is -1.72. The zero-order chi connectivity index (χ0) is 18.1. The van der Waals surface area contributed by atoms with Gasteiger partial charge >= 0.3 is 0 Å². The molecular weight excluding hydrogens is 330 g/mol. The number of carbonyl (C=O) groups excluding carboxylic acids is 1. The summed E-state index contributed by atoms with van der Waals surface area (Å²) < 4.78 is 0. The molecule has 134 valence electrons. The first-order valence-electron chi connectivity index (χ1n) is 8.96. The van der Waals surface area contributed by atoms with Crippen molar-refractivity contribution in [1.82, 2.24) is 9.88 Å². The number of benzene rings is 1. The van der Waals surface area contributed by atoms with Crippen LogP contribution in [-0.4, -0.2) is 34.9 Å². The summed E-state index contributed by atoms with van der Waals surface area (Å²) in [6.45, 7) is 9.66. The summed E-state index contributed by atoms with van der Waals surface area (Å²) in [7, 11) is 0. The molecule has 0 bridgehead atoms. The molecule has 2 unspecified atom stereocenters. The van der Waals surface area contributed by atoms with Crippen LogP contribution in [0.15, 0.2) is 18.2 Å². The highest BCUT2D eigenvalue weighted by molar-refractivity contribution is 7.17. The largest absolute Gasteiger partial charge is 0.334 e. The molecule has 1 aromatic heterocycles. The molecule has 0 radical (unpaired) electrons. The number of carbonyl (C=O) groups is 1. The van der Waals surface area contributed by atoms with Gasteiger partial charge < -0.3 is 10.6 Å². The molecule has 2 aromatic rings. The number of aryl methyl sites for hydroxylation is 3. The molecule has 1 saturated heterocycles. The molecule has 2 N–H and O–H groups in total. The fourth-order valence-electron chi connectivity index (χ4n) is 3.64. The molecule has 0 saturated carbocycles. The molecule has 3 rings (SSSR count). The molecular formula is C20H27N3OS. The van der Waals surface area contributed by atoms with Crippen LogP contribution in [0.5, 0.6) is 0 Å². The number of likely N-dealkylation sites (tertiary alicyclic amines) is 1. The Labute approximate surface area is 154 Å². The number of hydrogen-bond acceptors (Lipinski definition) is 4. The fraction of sp³-hybridized carbons (Fsp3) is 0.500. The Morgan fingerprint density at radius 2 is 2.12 bits per heavy atom. The number of thiazole rings is 1. The van der Waals surface area contributed by atoms with Gasteiger partial charge in [0.05, 0.1) is 5.69 Å². The number of rotatable bonds is 3. The third kappa shape index (κ3) is 3.62. The molecule has 1 aromatic carbocycles. The highest BCUT2D eigenvalue weighted by Gasteiger charge is 2.31. The van der Waals surface area contributed by atoms with Crippen molar-refractivity contribution in [3.05, 3.63) is 39.9 Å². The van der Waals surface area contributed by atoms with Gasteiger partial charge in [-0.3, -0.25) is 4.79 Å². The lowest BCUT2D eigenvalue weighted by atomic mass is 9.92. The normalized spacial score (nSPS) is 20.8. The minimum Gasteiger partial charge on any atom is -0.334 e. The van der Waals surface area contributed by atoms with Gasteiger partial charge in [0.2, 0.25) is 0 Å². The van der Waals surface area contributed by atoms with Crippen molar-refractivity contribution in [1.29, 1.82) is 0 Å². The number of aromatic nitrogens is 1. The number of nitrogens with two attached hydrogens (primary N) is 1. The number of hydrogen-bond donors (Lipinski definition) is 1. The highest BCUT2D eigenvalue weighted by atomic mass is 32.1. The van der Waals surface area contributed by atoms with Crippen LogP contribution in [0.2, 0.25) is 0 Å². The van der Waals surface area contributed by atoms with Crippen molar-refractivity contribution in [3.63, 3.8) is 0 Å². The van der Waals surface area contributed by atoms with Gasteiger partial charge in [0.1, 0.15) is 9.88 Å². The van der Waals surface area contributed by atoms with E-state index in [0.717, 1.165) is 40.5 Å². The summed E-state index contributed by atoms with van der Waals surface area (Å²) in [6.07, 6.45) is 2.04. The Morgan fingerprint density at radius 3 is 2.80 bits per heavy atom. The topological polar surface area (TPSA) is 59.2 Å². The van der Waals surface area contributed by atoms with Gasteiger partial charge in [-0.25, -0.2) is 4.98 Å². The number of nitrogens with zero attached hydrogens (tertiary/aromatic N) is 2. The van der Waals surface area contributed by atoms with E-state index in [2.05, 4.69) is 39.0 Å². The molecule has 0 aliphatic carbocycles. The predicted molar refractivity (Wildman–Crippen MR) is 104 cm³/mol. The van der Waals surface area contributed by atoms with Crippen LogP contribution >= 0.6 is 11.3 Å². The smallest absolute Gasteiger partial charge is 0.266 e. The van der Waals surface area contributed by atoms with E-state index < -0.39 is 0 Å². The first-order valence-corrected chi connectivity index (χ1v) is 9.78. The zero-order valence-electron chi connectivity index (χ0n) is 15.5. The zero-order valence-corrected chi connectivity index (χ0v) is 16.3. The van der Waals surface area contributed by atoms with Crippen LogP contribution in [0.3, 0.4) is 0 Å². The predicted octanol–water partition coefficient (Wildman–Crippen LogP) is 3.93. The van der Waals surface area contributed by atoms with Crippen molar-refractivity contribution in [2.75, 3.05) is 13.1 Å². The molecule has 25 heavy (non-hydrogen) atoms. The van der Waals surface area contributed by atoms with Gasteiger partial charge in [-0.2, -0.15) is 0 Å². The molecule has 2 atom stereocenters. The second-order valence-electron chi connectivity index (χ2n) is 7.27. The van der Waals surface area contributed by atoms with E-state index in [-0.39, 0.29) is 11.9 Å². The maximum absolute atomic E-state index is 13.1. The van der Waals surface area contributed by atoms with Crippen molar-refractivity contribution in [2.24, 2.45) is 11.7 Å². The highest BCUT2D eigenvalue weighted by Crippen LogP contribution is 2.33. The van der Waals surface area contributed by atoms with Crippen LogP contribution < -0.4 is 5.73 Å². The van der Waals surface area contributed by atoms with Crippen molar-refractivity contribution < 1.29 is 4.79 Å². The molecule has 0 spiro atoms. The minimum atomic E-state index is 0.0911. The van der Waals surface area contributed by atoms with Crippen LogP contribution in [0.4, 0.5) is 0 Å². The van der Waals surface area contributed by atoms with Crippen LogP contribution in [0, 0.1) is 26.7 Å². The van der Waals surface area contributed by atoms with E-state index in [1.165, 1.54) is 22.5 Å². The average Bonchev–Trinajstić information content (AvgIpc) is 2.95. The van der Waals surface area contributed by atoms with Crippen molar-refractivity contribution in [2.45, 2.75) is 46.6 Å². The van der Waals surface area contributed by atoms with Crippen LogP contribution in [-0.2, 0) is 0 Å². The summed E-state index contributed by atoms with van der Waals surface area (Å²) in [6, 6.07) is 6.49. The van der Waals surface area contributed by atoms with E-state index in [1.807, 2.05) is 11.8 Å². The standard InChI is InChI=1S/C20H27N3OS/c1-12-5-6-17(14(3)9-12)19-22-15(4)18(25-19)20(24)23-8-7-13(2)10-16(23)11-21/h5-6,9,13,16H,7-8,10-11,21H2,1-4H3. The van der Waals surface area contributed by atoms with E-state index in [1.54, 1.807) is 0 Å². The lowest BCUT2D eigenvalue weighted by molar-refractivity contribution is 0.0577.